The van der Waals surface area contributed by atoms with Crippen molar-refractivity contribution in [1.82, 2.24) is 14.9 Å². The molecule has 0 saturated carbocycles. The number of aromatic nitrogens is 2. The zero-order valence-electron chi connectivity index (χ0n) is 12.8. The number of nitrogens with zero attached hydrogens (tertiary/aromatic N) is 2. The summed E-state index contributed by atoms with van der Waals surface area (Å²) in [5.74, 6) is 1.05. The van der Waals surface area contributed by atoms with E-state index < -0.39 is 0 Å². The first-order valence-electron chi connectivity index (χ1n) is 7.39. The Hall–Kier alpha value is -2.13. The fraction of sp³-hybridized carbons (Fsp3) is 0.278. The van der Waals surface area contributed by atoms with Crippen molar-refractivity contribution in [2.75, 3.05) is 6.54 Å². The maximum absolute atomic E-state index is 4.71. The van der Waals surface area contributed by atoms with Gasteiger partial charge >= 0.3 is 0 Å². The Morgan fingerprint density at radius 3 is 2.67 bits per heavy atom. The molecule has 0 amide bonds. The Balaban J connectivity index is 2.43. The standard InChI is InChI=1S/C18H23N3/c1-4-10-17-16(5-2)20-18(13-19-6-3)21(17)14-15-11-8-7-9-12-15/h4-5,7-12,19H,2,6,13-14H2,1,3H3/b10-4-. The van der Waals surface area contributed by atoms with Gasteiger partial charge in [0.25, 0.3) is 0 Å². The Morgan fingerprint density at radius 2 is 2.05 bits per heavy atom. The molecule has 1 N–H and O–H groups in total. The van der Waals surface area contributed by atoms with Crippen molar-refractivity contribution in [2.24, 2.45) is 0 Å². The molecule has 3 nitrogen and oxygen atoms in total. The molecule has 0 spiro atoms. The second kappa shape index (κ2) is 7.60. The van der Waals surface area contributed by atoms with Crippen molar-refractivity contribution < 1.29 is 0 Å². The first kappa shape index (κ1) is 15.3. The highest BCUT2D eigenvalue weighted by molar-refractivity contribution is 5.59. The van der Waals surface area contributed by atoms with E-state index in [-0.39, 0.29) is 0 Å². The fourth-order valence-corrected chi connectivity index (χ4v) is 2.33. The number of nitrogens with one attached hydrogen (secondary N) is 1. The van der Waals surface area contributed by atoms with Crippen LogP contribution >= 0.6 is 0 Å². The summed E-state index contributed by atoms with van der Waals surface area (Å²) in [6.07, 6.45) is 5.97. The average Bonchev–Trinajstić information content (AvgIpc) is 2.84. The van der Waals surface area contributed by atoms with E-state index in [1.165, 1.54) is 5.56 Å². The lowest BCUT2D eigenvalue weighted by atomic mass is 10.2. The molecule has 0 bridgehead atoms. The van der Waals surface area contributed by atoms with E-state index in [2.05, 4.69) is 53.7 Å². The summed E-state index contributed by atoms with van der Waals surface area (Å²) in [6.45, 7) is 10.5. The van der Waals surface area contributed by atoms with Gasteiger partial charge in [0.15, 0.2) is 0 Å². The van der Waals surface area contributed by atoms with Gasteiger partial charge in [-0.05, 0) is 31.2 Å². The molecule has 21 heavy (non-hydrogen) atoms. The lowest BCUT2D eigenvalue weighted by Crippen LogP contribution is -2.17. The maximum atomic E-state index is 4.71. The van der Waals surface area contributed by atoms with E-state index in [0.717, 1.165) is 36.8 Å². The van der Waals surface area contributed by atoms with Crippen LogP contribution in [0.25, 0.3) is 12.2 Å². The van der Waals surface area contributed by atoms with Crippen LogP contribution < -0.4 is 5.32 Å². The van der Waals surface area contributed by atoms with Crippen molar-refractivity contribution in [3.05, 3.63) is 65.8 Å². The first-order valence-corrected chi connectivity index (χ1v) is 7.39. The number of hydrogen-bond acceptors (Lipinski definition) is 2. The van der Waals surface area contributed by atoms with Crippen LogP contribution in [0.2, 0.25) is 0 Å². The summed E-state index contributed by atoms with van der Waals surface area (Å²) in [5, 5.41) is 3.36. The van der Waals surface area contributed by atoms with Crippen LogP contribution in [0.3, 0.4) is 0 Å². The zero-order valence-corrected chi connectivity index (χ0v) is 12.8. The SMILES string of the molecule is C=Cc1nc(CNCC)n(Cc2ccccc2)c1/C=C\C. The van der Waals surface area contributed by atoms with Crippen LogP contribution in [0.4, 0.5) is 0 Å². The molecule has 0 fully saturated rings. The molecule has 0 aliphatic heterocycles. The Morgan fingerprint density at radius 1 is 1.29 bits per heavy atom. The lowest BCUT2D eigenvalue weighted by Gasteiger charge is -2.11. The summed E-state index contributed by atoms with van der Waals surface area (Å²) >= 11 is 0. The van der Waals surface area contributed by atoms with Gasteiger partial charge in [0.05, 0.1) is 17.9 Å². The fourth-order valence-electron chi connectivity index (χ4n) is 2.33. The molecule has 0 aliphatic carbocycles. The number of hydrogen-bond donors (Lipinski definition) is 1. The minimum Gasteiger partial charge on any atom is -0.322 e. The molecule has 1 aromatic heterocycles. The lowest BCUT2D eigenvalue weighted by molar-refractivity contribution is 0.637. The topological polar surface area (TPSA) is 29.9 Å². The molecule has 2 rings (SSSR count). The van der Waals surface area contributed by atoms with E-state index in [4.69, 9.17) is 4.98 Å². The van der Waals surface area contributed by atoms with E-state index in [1.807, 2.05) is 25.1 Å². The highest BCUT2D eigenvalue weighted by atomic mass is 15.1. The van der Waals surface area contributed by atoms with Crippen LogP contribution in [-0.2, 0) is 13.1 Å². The average molecular weight is 281 g/mol. The largest absolute Gasteiger partial charge is 0.322 e. The van der Waals surface area contributed by atoms with Gasteiger partial charge in [-0.3, -0.25) is 0 Å². The van der Waals surface area contributed by atoms with E-state index in [0.29, 0.717) is 0 Å². The van der Waals surface area contributed by atoms with Gasteiger partial charge < -0.3 is 9.88 Å². The highest BCUT2D eigenvalue weighted by Gasteiger charge is 2.13. The zero-order chi connectivity index (χ0) is 15.1. The van der Waals surface area contributed by atoms with Gasteiger partial charge in [0, 0.05) is 6.54 Å². The minimum absolute atomic E-state index is 0.766. The minimum atomic E-state index is 0.766. The smallest absolute Gasteiger partial charge is 0.124 e. The van der Waals surface area contributed by atoms with Gasteiger partial charge in [0.2, 0.25) is 0 Å². The summed E-state index contributed by atoms with van der Waals surface area (Å²) in [5.41, 5.74) is 3.33. The maximum Gasteiger partial charge on any atom is 0.124 e. The number of allylic oxidation sites excluding steroid dienone is 1. The molecule has 0 atom stereocenters. The van der Waals surface area contributed by atoms with Crippen LogP contribution in [0.5, 0.6) is 0 Å². The number of benzene rings is 1. The first-order chi connectivity index (χ1) is 10.3. The van der Waals surface area contributed by atoms with Crippen molar-refractivity contribution in [1.29, 1.82) is 0 Å². The predicted molar refractivity (Wildman–Crippen MR) is 90.0 cm³/mol. The number of imidazole rings is 1. The molecule has 3 heteroatoms. The molecular formula is C18H23N3. The van der Waals surface area contributed by atoms with E-state index in [9.17, 15) is 0 Å². The third kappa shape index (κ3) is 3.70. The molecule has 2 aromatic rings. The van der Waals surface area contributed by atoms with Crippen molar-refractivity contribution in [2.45, 2.75) is 26.9 Å². The molecule has 0 saturated heterocycles. The second-order valence-electron chi connectivity index (χ2n) is 4.85. The molecule has 0 radical (unpaired) electrons. The molecular weight excluding hydrogens is 258 g/mol. The van der Waals surface area contributed by atoms with Crippen LogP contribution in [0, 0.1) is 0 Å². The molecule has 1 aromatic carbocycles. The molecule has 0 unspecified atom stereocenters. The summed E-state index contributed by atoms with van der Waals surface area (Å²) in [7, 11) is 0. The van der Waals surface area contributed by atoms with E-state index >= 15 is 0 Å². The van der Waals surface area contributed by atoms with Gasteiger partial charge in [-0.2, -0.15) is 0 Å². The van der Waals surface area contributed by atoms with Crippen LogP contribution in [0.1, 0.15) is 36.6 Å². The van der Waals surface area contributed by atoms with Crippen LogP contribution in [0.15, 0.2) is 43.0 Å². The normalized spacial score (nSPS) is 11.1. The van der Waals surface area contributed by atoms with Gasteiger partial charge in [-0.15, -0.1) is 0 Å². The molecule has 1 heterocycles. The molecule has 0 aliphatic rings. The predicted octanol–water partition coefficient (Wildman–Crippen LogP) is 3.72. The summed E-state index contributed by atoms with van der Waals surface area (Å²) < 4.78 is 2.26. The third-order valence-corrected chi connectivity index (χ3v) is 3.35. The van der Waals surface area contributed by atoms with Crippen molar-refractivity contribution >= 4 is 12.2 Å². The Labute approximate surface area is 127 Å². The van der Waals surface area contributed by atoms with Crippen molar-refractivity contribution in [3.8, 4) is 0 Å². The van der Waals surface area contributed by atoms with Crippen molar-refractivity contribution in [3.63, 3.8) is 0 Å². The molecule has 110 valence electrons. The Kier molecular flexibility index (Phi) is 5.52. The van der Waals surface area contributed by atoms with Gasteiger partial charge in [-0.1, -0.05) is 49.9 Å². The Bertz CT molecular complexity index is 609. The third-order valence-electron chi connectivity index (χ3n) is 3.35. The highest BCUT2D eigenvalue weighted by Crippen LogP contribution is 2.18. The van der Waals surface area contributed by atoms with Gasteiger partial charge in [-0.25, -0.2) is 4.98 Å². The summed E-state index contributed by atoms with van der Waals surface area (Å²) in [6, 6.07) is 10.5. The number of rotatable bonds is 7. The van der Waals surface area contributed by atoms with E-state index in [1.54, 1.807) is 0 Å². The monoisotopic (exact) mass is 281 g/mol. The quantitative estimate of drug-likeness (QED) is 0.838. The van der Waals surface area contributed by atoms with Crippen LogP contribution in [-0.4, -0.2) is 16.1 Å². The summed E-state index contributed by atoms with van der Waals surface area (Å²) in [4.78, 5) is 4.71. The van der Waals surface area contributed by atoms with Gasteiger partial charge in [0.1, 0.15) is 5.82 Å². The second-order valence-corrected chi connectivity index (χ2v) is 4.85.